The first-order valence-corrected chi connectivity index (χ1v) is 12.0. The molecule has 0 heterocycles. The number of nitrogens with one attached hydrogen (secondary N) is 1. The van der Waals surface area contributed by atoms with Crippen molar-refractivity contribution >= 4 is 38.0 Å². The van der Waals surface area contributed by atoms with Crippen LogP contribution in [0.15, 0.2) is 45.3 Å². The predicted octanol–water partition coefficient (Wildman–Crippen LogP) is 5.87. The number of rotatable bonds is 7. The van der Waals surface area contributed by atoms with Crippen LogP contribution in [0.4, 0.5) is 4.79 Å². The summed E-state index contributed by atoms with van der Waals surface area (Å²) in [5, 5.41) is 11.6. The first-order chi connectivity index (χ1) is 14.6. The van der Waals surface area contributed by atoms with Crippen molar-refractivity contribution in [3.8, 4) is 0 Å². The zero-order valence-electron chi connectivity index (χ0n) is 18.8. The zero-order chi connectivity index (χ0) is 23.4. The van der Waals surface area contributed by atoms with Gasteiger partial charge >= 0.3 is 6.09 Å². The van der Waals surface area contributed by atoms with Crippen LogP contribution in [0.1, 0.15) is 56.4 Å². The molecule has 0 saturated heterocycles. The van der Waals surface area contributed by atoms with Gasteiger partial charge in [-0.1, -0.05) is 57.3 Å². The molecule has 0 fully saturated rings. The molecule has 7 heteroatoms. The Morgan fingerprint density at radius 3 is 2.03 bits per heavy atom. The maximum absolute atomic E-state index is 11.6. The SMILES string of the molecule is CCCc1cc(Br)ccc1CNC(=O)OC(C)(C)C.NCc1ccc(Br)cc1CCO. The molecule has 0 radical (unpaired) electrons. The molecular weight excluding hydrogens is 524 g/mol. The van der Waals surface area contributed by atoms with Crippen molar-refractivity contribution in [3.63, 3.8) is 0 Å². The van der Waals surface area contributed by atoms with Gasteiger partial charge in [0, 0.05) is 28.6 Å². The largest absolute Gasteiger partial charge is 0.444 e. The Bertz CT molecular complexity index is 836. The van der Waals surface area contributed by atoms with Gasteiger partial charge < -0.3 is 20.9 Å². The number of ether oxygens (including phenoxy) is 1. The van der Waals surface area contributed by atoms with Gasteiger partial charge in [0.25, 0.3) is 0 Å². The number of halogens is 2. The van der Waals surface area contributed by atoms with Crippen LogP contribution in [0.3, 0.4) is 0 Å². The van der Waals surface area contributed by atoms with Gasteiger partial charge in [0.2, 0.25) is 0 Å². The lowest BCUT2D eigenvalue weighted by atomic mass is 10.0. The second-order valence-corrected chi connectivity index (χ2v) is 9.94. The molecule has 0 aliphatic heterocycles. The number of amides is 1. The highest BCUT2D eigenvalue weighted by molar-refractivity contribution is 9.10. The third-order valence-electron chi connectivity index (χ3n) is 4.28. The van der Waals surface area contributed by atoms with Crippen LogP contribution < -0.4 is 11.1 Å². The third-order valence-corrected chi connectivity index (χ3v) is 5.27. The lowest BCUT2D eigenvalue weighted by Crippen LogP contribution is -2.32. The summed E-state index contributed by atoms with van der Waals surface area (Å²) in [5.74, 6) is 0. The fourth-order valence-corrected chi connectivity index (χ4v) is 3.71. The minimum Gasteiger partial charge on any atom is -0.444 e. The minimum absolute atomic E-state index is 0.170. The molecule has 0 aliphatic rings. The minimum atomic E-state index is -0.462. The number of hydrogen-bond donors (Lipinski definition) is 3. The Kier molecular flexibility index (Phi) is 12.4. The monoisotopic (exact) mass is 556 g/mol. The predicted molar refractivity (Wildman–Crippen MR) is 134 cm³/mol. The van der Waals surface area contributed by atoms with Gasteiger partial charge in [0.15, 0.2) is 0 Å². The van der Waals surface area contributed by atoms with E-state index in [4.69, 9.17) is 15.6 Å². The number of carbonyl (C=O) groups is 1. The summed E-state index contributed by atoms with van der Waals surface area (Å²) in [6.07, 6.45) is 2.38. The highest BCUT2D eigenvalue weighted by Crippen LogP contribution is 2.19. The number of aryl methyl sites for hydroxylation is 1. The Balaban J connectivity index is 0.000000343. The molecule has 2 aromatic carbocycles. The van der Waals surface area contributed by atoms with E-state index in [0.29, 0.717) is 19.5 Å². The number of alkyl carbamates (subject to hydrolysis) is 1. The molecule has 5 nitrogen and oxygen atoms in total. The van der Waals surface area contributed by atoms with Gasteiger partial charge in [0.1, 0.15) is 5.60 Å². The van der Waals surface area contributed by atoms with E-state index >= 15 is 0 Å². The molecule has 1 amide bonds. The molecule has 2 aromatic rings. The second-order valence-electron chi connectivity index (χ2n) is 8.11. The summed E-state index contributed by atoms with van der Waals surface area (Å²) in [4.78, 5) is 11.6. The van der Waals surface area contributed by atoms with Crippen molar-refractivity contribution in [1.82, 2.24) is 5.32 Å². The van der Waals surface area contributed by atoms with Crippen LogP contribution in [-0.4, -0.2) is 23.4 Å². The van der Waals surface area contributed by atoms with E-state index in [1.807, 2.05) is 51.1 Å². The lowest BCUT2D eigenvalue weighted by molar-refractivity contribution is 0.0523. The summed E-state index contributed by atoms with van der Waals surface area (Å²) in [7, 11) is 0. The molecular formula is C24H34Br2N2O3. The van der Waals surface area contributed by atoms with Crippen LogP contribution in [0.5, 0.6) is 0 Å². The molecule has 0 unspecified atom stereocenters. The van der Waals surface area contributed by atoms with Gasteiger partial charge in [-0.2, -0.15) is 0 Å². The summed E-state index contributed by atoms with van der Waals surface area (Å²) in [6, 6.07) is 12.1. The van der Waals surface area contributed by atoms with Crippen LogP contribution in [0, 0.1) is 0 Å². The maximum Gasteiger partial charge on any atom is 0.407 e. The number of hydrogen-bond acceptors (Lipinski definition) is 4. The Morgan fingerprint density at radius 2 is 1.55 bits per heavy atom. The Morgan fingerprint density at radius 1 is 1.00 bits per heavy atom. The quantitative estimate of drug-likeness (QED) is 0.397. The normalized spacial score (nSPS) is 10.8. The topological polar surface area (TPSA) is 84.6 Å². The lowest BCUT2D eigenvalue weighted by Gasteiger charge is -2.20. The molecule has 0 saturated carbocycles. The third kappa shape index (κ3) is 11.1. The molecule has 0 bridgehead atoms. The number of carbonyl (C=O) groups excluding carboxylic acids is 1. The van der Waals surface area contributed by atoms with Crippen LogP contribution in [0.25, 0.3) is 0 Å². The number of aliphatic hydroxyl groups excluding tert-OH is 1. The Hall–Kier alpha value is -1.41. The van der Waals surface area contributed by atoms with Crippen molar-refractivity contribution < 1.29 is 14.6 Å². The van der Waals surface area contributed by atoms with Crippen molar-refractivity contribution in [2.24, 2.45) is 5.73 Å². The van der Waals surface area contributed by atoms with Crippen LogP contribution in [0.2, 0.25) is 0 Å². The molecule has 2 rings (SSSR count). The van der Waals surface area contributed by atoms with E-state index in [9.17, 15) is 4.79 Å². The van der Waals surface area contributed by atoms with Crippen molar-refractivity contribution in [3.05, 3.63) is 67.6 Å². The zero-order valence-corrected chi connectivity index (χ0v) is 22.0. The van der Waals surface area contributed by atoms with Crippen molar-refractivity contribution in [1.29, 1.82) is 0 Å². The molecule has 0 atom stereocenters. The number of benzene rings is 2. The van der Waals surface area contributed by atoms with E-state index in [2.05, 4.69) is 50.2 Å². The van der Waals surface area contributed by atoms with Crippen molar-refractivity contribution in [2.45, 2.75) is 65.6 Å². The summed E-state index contributed by atoms with van der Waals surface area (Å²) in [6.45, 7) is 8.91. The smallest absolute Gasteiger partial charge is 0.407 e. The standard InChI is InChI=1S/C15H22BrNO2.C9H12BrNO/c1-5-6-11-9-13(16)8-7-12(11)10-17-14(18)19-15(2,3)4;10-9-2-1-8(6-11)7(5-9)3-4-12/h7-9H,5-6,10H2,1-4H3,(H,17,18);1-2,5,12H,3-4,6,11H2. The van der Waals surface area contributed by atoms with Crippen molar-refractivity contribution in [2.75, 3.05) is 6.61 Å². The first kappa shape index (κ1) is 27.6. The van der Waals surface area contributed by atoms with E-state index < -0.39 is 5.60 Å². The van der Waals surface area contributed by atoms with Gasteiger partial charge in [-0.15, -0.1) is 0 Å². The van der Waals surface area contributed by atoms with E-state index in [0.717, 1.165) is 38.5 Å². The Labute approximate surface area is 203 Å². The highest BCUT2D eigenvalue weighted by Gasteiger charge is 2.16. The summed E-state index contributed by atoms with van der Waals surface area (Å²) < 4.78 is 7.32. The van der Waals surface area contributed by atoms with E-state index in [1.165, 1.54) is 5.56 Å². The first-order valence-electron chi connectivity index (χ1n) is 10.4. The van der Waals surface area contributed by atoms with E-state index in [1.54, 1.807) is 0 Å². The summed E-state index contributed by atoms with van der Waals surface area (Å²) in [5.41, 5.74) is 9.69. The van der Waals surface area contributed by atoms with E-state index in [-0.39, 0.29) is 12.7 Å². The van der Waals surface area contributed by atoms with Gasteiger partial charge in [0.05, 0.1) is 0 Å². The second kappa shape index (κ2) is 13.9. The molecule has 31 heavy (non-hydrogen) atoms. The van der Waals surface area contributed by atoms with Gasteiger partial charge in [-0.25, -0.2) is 4.79 Å². The maximum atomic E-state index is 11.6. The average molecular weight is 558 g/mol. The van der Waals surface area contributed by atoms with Crippen LogP contribution >= 0.6 is 31.9 Å². The fourth-order valence-electron chi connectivity index (χ4n) is 2.90. The molecule has 0 aliphatic carbocycles. The summed E-state index contributed by atoms with van der Waals surface area (Å²) >= 11 is 6.85. The highest BCUT2D eigenvalue weighted by atomic mass is 79.9. The molecule has 0 aromatic heterocycles. The van der Waals surface area contributed by atoms with Gasteiger partial charge in [-0.3, -0.25) is 0 Å². The number of aliphatic hydroxyl groups is 1. The number of nitrogens with two attached hydrogens (primary N) is 1. The average Bonchev–Trinajstić information content (AvgIpc) is 2.67. The molecule has 0 spiro atoms. The molecule has 4 N–H and O–H groups in total. The van der Waals surface area contributed by atoms with Gasteiger partial charge in [-0.05, 0) is 80.1 Å². The van der Waals surface area contributed by atoms with Crippen LogP contribution in [-0.2, 0) is 30.7 Å². The molecule has 172 valence electrons. The fraction of sp³-hybridized carbons (Fsp3) is 0.458.